The van der Waals surface area contributed by atoms with Gasteiger partial charge in [-0.25, -0.2) is 12.7 Å². The molecule has 2 atom stereocenters. The van der Waals surface area contributed by atoms with E-state index in [0.29, 0.717) is 50.1 Å². The molecule has 0 aromatic heterocycles. The number of alkyl halides is 5. The van der Waals surface area contributed by atoms with Crippen LogP contribution in [0.4, 0.5) is 27.6 Å². The van der Waals surface area contributed by atoms with Crippen LogP contribution >= 0.6 is 0 Å². The second kappa shape index (κ2) is 12.9. The zero-order valence-electron chi connectivity index (χ0n) is 22.3. The first kappa shape index (κ1) is 31.0. The molecule has 2 saturated heterocycles. The van der Waals surface area contributed by atoms with Crippen LogP contribution in [-0.4, -0.2) is 76.4 Å². The van der Waals surface area contributed by atoms with E-state index in [4.69, 9.17) is 4.74 Å². The number of sulfonamides is 1. The maximum absolute atomic E-state index is 12.9. The predicted molar refractivity (Wildman–Crippen MR) is 141 cm³/mol. The smallest absolute Gasteiger partial charge is 0.416 e. The maximum Gasteiger partial charge on any atom is 0.416 e. The highest BCUT2D eigenvalue weighted by atomic mass is 32.2. The minimum Gasteiger partial charge on any atom is -0.489 e. The van der Waals surface area contributed by atoms with E-state index in [-0.39, 0.29) is 30.7 Å². The van der Waals surface area contributed by atoms with Crippen molar-refractivity contribution in [2.24, 2.45) is 5.92 Å². The lowest BCUT2D eigenvalue weighted by Crippen LogP contribution is -2.41. The second-order valence-corrected chi connectivity index (χ2v) is 12.2. The molecule has 14 heteroatoms. The summed E-state index contributed by atoms with van der Waals surface area (Å²) in [6.45, 7) is -1.72. The van der Waals surface area contributed by atoms with E-state index in [1.54, 1.807) is 24.3 Å². The lowest BCUT2D eigenvalue weighted by Gasteiger charge is -2.30. The Morgan fingerprint density at radius 1 is 1.05 bits per heavy atom. The van der Waals surface area contributed by atoms with Crippen LogP contribution in [0, 0.1) is 5.92 Å². The Morgan fingerprint density at radius 2 is 1.68 bits per heavy atom. The molecule has 2 aliphatic rings. The Kier molecular flexibility index (Phi) is 9.75. The Bertz CT molecular complexity index is 1270. The van der Waals surface area contributed by atoms with Crippen LogP contribution in [0.25, 0.3) is 0 Å². The number of hydrogen-bond acceptors (Lipinski definition) is 6. The molecule has 0 spiro atoms. The molecule has 2 heterocycles. The van der Waals surface area contributed by atoms with Crippen LogP contribution in [-0.2, 0) is 20.9 Å². The maximum atomic E-state index is 12.9. The lowest BCUT2D eigenvalue weighted by atomic mass is 9.98. The minimum atomic E-state index is -4.47. The minimum absolute atomic E-state index is 0.165. The number of halogens is 5. The van der Waals surface area contributed by atoms with Gasteiger partial charge in [-0.2, -0.15) is 22.0 Å². The Hall–Kier alpha value is -2.97. The average Bonchev–Trinajstić information content (AvgIpc) is 3.32. The topological polar surface area (TPSA) is 88.2 Å². The van der Waals surface area contributed by atoms with E-state index < -0.39 is 40.5 Å². The van der Waals surface area contributed by atoms with E-state index in [2.05, 4.69) is 10.1 Å². The van der Waals surface area contributed by atoms with Gasteiger partial charge in [0.1, 0.15) is 11.9 Å². The van der Waals surface area contributed by atoms with Crippen LogP contribution in [0.3, 0.4) is 0 Å². The molecular weight excluding hydrogens is 573 g/mol. The summed E-state index contributed by atoms with van der Waals surface area (Å²) in [6.07, 6.45) is -2.18. The highest BCUT2D eigenvalue weighted by molar-refractivity contribution is 7.88. The fraction of sp³-hybridized carbons (Fsp3) is 0.519. The van der Waals surface area contributed by atoms with E-state index >= 15 is 0 Å². The monoisotopic (exact) mass is 605 g/mol. The van der Waals surface area contributed by atoms with Crippen molar-refractivity contribution in [1.29, 1.82) is 0 Å². The molecule has 0 saturated carbocycles. The third-order valence-corrected chi connectivity index (χ3v) is 8.63. The number of rotatable bonds is 10. The van der Waals surface area contributed by atoms with E-state index in [0.717, 1.165) is 12.1 Å². The SMILES string of the molecule is CS(=O)(=O)N1CCC(CNC(=O)c2ccc(N3C[C@@H](Oc4ccc(C(F)(F)F)cc4)C[C@H]3COC(F)F)cc2)CC1. The summed E-state index contributed by atoms with van der Waals surface area (Å²) < 4.78 is 99.3. The largest absolute Gasteiger partial charge is 0.489 e. The van der Waals surface area contributed by atoms with Crippen LogP contribution in [0.5, 0.6) is 5.75 Å². The van der Waals surface area contributed by atoms with Gasteiger partial charge in [-0.15, -0.1) is 0 Å². The van der Waals surface area contributed by atoms with Crippen molar-refractivity contribution in [2.75, 3.05) is 43.9 Å². The van der Waals surface area contributed by atoms with Gasteiger partial charge < -0.3 is 19.7 Å². The highest BCUT2D eigenvalue weighted by Gasteiger charge is 2.35. The number of amides is 1. The third-order valence-electron chi connectivity index (χ3n) is 7.33. The van der Waals surface area contributed by atoms with Crippen LogP contribution in [0.2, 0.25) is 0 Å². The van der Waals surface area contributed by atoms with Crippen molar-refractivity contribution in [3.63, 3.8) is 0 Å². The van der Waals surface area contributed by atoms with Crippen molar-refractivity contribution in [3.8, 4) is 5.75 Å². The van der Waals surface area contributed by atoms with Crippen molar-refractivity contribution in [1.82, 2.24) is 9.62 Å². The van der Waals surface area contributed by atoms with Crippen molar-refractivity contribution < 1.29 is 44.6 Å². The van der Waals surface area contributed by atoms with Gasteiger partial charge in [0.15, 0.2) is 0 Å². The number of anilines is 1. The number of nitrogens with zero attached hydrogens (tertiary/aromatic N) is 2. The van der Waals surface area contributed by atoms with E-state index in [1.807, 2.05) is 4.90 Å². The summed E-state index contributed by atoms with van der Waals surface area (Å²) in [5, 5.41) is 2.89. The summed E-state index contributed by atoms with van der Waals surface area (Å²) in [5.74, 6) is 0.106. The Labute approximate surface area is 235 Å². The zero-order valence-corrected chi connectivity index (χ0v) is 23.1. The molecule has 226 valence electrons. The molecular formula is C27H32F5N3O5S. The number of hydrogen-bond donors (Lipinski definition) is 1. The van der Waals surface area contributed by atoms with Gasteiger partial charge in [0.25, 0.3) is 5.91 Å². The molecule has 2 aromatic rings. The van der Waals surface area contributed by atoms with Gasteiger partial charge in [0, 0.05) is 37.3 Å². The van der Waals surface area contributed by atoms with Gasteiger partial charge in [-0.3, -0.25) is 4.79 Å². The first-order chi connectivity index (χ1) is 19.3. The van der Waals surface area contributed by atoms with Crippen LogP contribution < -0.4 is 15.0 Å². The highest BCUT2D eigenvalue weighted by Crippen LogP contribution is 2.32. The summed E-state index contributed by atoms with van der Waals surface area (Å²) in [6, 6.07) is 10.4. The number of carbonyl (C=O) groups excluding carboxylic acids is 1. The number of nitrogens with one attached hydrogen (secondary N) is 1. The molecule has 2 fully saturated rings. The summed E-state index contributed by atoms with van der Waals surface area (Å²) in [5.41, 5.74) is 0.248. The van der Waals surface area contributed by atoms with Crippen molar-refractivity contribution in [2.45, 2.75) is 44.2 Å². The fourth-order valence-corrected chi connectivity index (χ4v) is 5.99. The molecule has 41 heavy (non-hydrogen) atoms. The van der Waals surface area contributed by atoms with Gasteiger partial charge in [-0.1, -0.05) is 0 Å². The van der Waals surface area contributed by atoms with Gasteiger partial charge in [0.05, 0.1) is 31.0 Å². The molecule has 4 rings (SSSR count). The van der Waals surface area contributed by atoms with Crippen LogP contribution in [0.1, 0.15) is 35.2 Å². The number of carbonyl (C=O) groups is 1. The number of benzene rings is 2. The van der Waals surface area contributed by atoms with E-state index in [9.17, 15) is 35.2 Å². The van der Waals surface area contributed by atoms with Crippen LogP contribution in [0.15, 0.2) is 48.5 Å². The van der Waals surface area contributed by atoms with Gasteiger partial charge in [-0.05, 0) is 67.3 Å². The molecule has 0 aliphatic carbocycles. The second-order valence-electron chi connectivity index (χ2n) is 10.3. The van der Waals surface area contributed by atoms with E-state index in [1.165, 1.54) is 22.7 Å². The number of piperidine rings is 1. The first-order valence-corrected chi connectivity index (χ1v) is 15.0. The molecule has 2 aromatic carbocycles. The summed E-state index contributed by atoms with van der Waals surface area (Å²) in [4.78, 5) is 14.5. The quantitative estimate of drug-likeness (QED) is 0.405. The molecule has 1 N–H and O–H groups in total. The van der Waals surface area contributed by atoms with Crippen molar-refractivity contribution >= 4 is 21.6 Å². The Balaban J connectivity index is 1.35. The van der Waals surface area contributed by atoms with Crippen molar-refractivity contribution in [3.05, 3.63) is 59.7 Å². The first-order valence-electron chi connectivity index (χ1n) is 13.1. The standard InChI is InChI=1S/C27H32F5N3O5S/c1-41(37,38)34-12-10-18(11-13-34)15-33-25(36)19-2-6-21(7-3-19)35-16-24(14-22(35)17-39-26(28)29)40-23-8-4-20(5-9-23)27(30,31)32/h2-9,18,22,24,26H,10-17H2,1H3,(H,33,36)/t22-,24-/m0/s1. The zero-order chi connectivity index (χ0) is 29.8. The average molecular weight is 606 g/mol. The Morgan fingerprint density at radius 3 is 2.24 bits per heavy atom. The number of ether oxygens (including phenoxy) is 2. The van der Waals surface area contributed by atoms with Gasteiger partial charge in [0.2, 0.25) is 10.0 Å². The fourth-order valence-electron chi connectivity index (χ4n) is 5.12. The predicted octanol–water partition coefficient (Wildman–Crippen LogP) is 4.37. The molecule has 1 amide bonds. The normalized spacial score (nSPS) is 20.9. The summed E-state index contributed by atoms with van der Waals surface area (Å²) >= 11 is 0. The summed E-state index contributed by atoms with van der Waals surface area (Å²) in [7, 11) is -3.22. The molecule has 2 aliphatic heterocycles. The molecule has 0 unspecified atom stereocenters. The van der Waals surface area contributed by atoms with Gasteiger partial charge >= 0.3 is 12.8 Å². The molecule has 0 radical (unpaired) electrons. The molecule has 8 nitrogen and oxygen atoms in total. The molecule has 0 bridgehead atoms. The third kappa shape index (κ3) is 8.52. The lowest BCUT2D eigenvalue weighted by molar-refractivity contribution is -0.137.